The number of hydrogen-bond donors (Lipinski definition) is 9. The van der Waals surface area contributed by atoms with Gasteiger partial charge in [0.25, 0.3) is 0 Å². The van der Waals surface area contributed by atoms with E-state index >= 15 is 0 Å². The van der Waals surface area contributed by atoms with Crippen molar-refractivity contribution in [3.05, 3.63) is 0 Å². The van der Waals surface area contributed by atoms with E-state index in [9.17, 15) is 58.2 Å². The predicted molar refractivity (Wildman–Crippen MR) is 267 cm³/mol. The molecule has 9 N–H and O–H groups in total. The van der Waals surface area contributed by atoms with Crippen molar-refractivity contribution in [2.75, 3.05) is 0 Å². The molecule has 1 aliphatic heterocycles. The van der Waals surface area contributed by atoms with Crippen LogP contribution >= 0.6 is 0 Å². The lowest BCUT2D eigenvalue weighted by Crippen LogP contribution is -2.61. The van der Waals surface area contributed by atoms with Gasteiger partial charge in [-0.25, -0.2) is 4.79 Å². The summed E-state index contributed by atoms with van der Waals surface area (Å²) in [6.45, 7) is 21.6. The molecule has 20 nitrogen and oxygen atoms in total. The number of cyclic esters (lactones) is 1. The third-order valence-electron chi connectivity index (χ3n) is 12.0. The van der Waals surface area contributed by atoms with Crippen LogP contribution in [-0.4, -0.2) is 118 Å². The number of hydrogen-bond acceptors (Lipinski definition) is 11. The van der Waals surface area contributed by atoms with Gasteiger partial charge in [0.2, 0.25) is 41.4 Å². The van der Waals surface area contributed by atoms with E-state index in [0.717, 1.165) is 38.5 Å². The fourth-order valence-electron chi connectivity index (χ4n) is 8.18. The quantitative estimate of drug-likeness (QED) is 0.0542. The Labute approximate surface area is 421 Å². The Bertz CT molecular complexity index is 1770. The van der Waals surface area contributed by atoms with Crippen LogP contribution in [0, 0.1) is 35.5 Å². The van der Waals surface area contributed by atoms with E-state index in [2.05, 4.69) is 51.1 Å². The van der Waals surface area contributed by atoms with Crippen molar-refractivity contribution in [1.82, 2.24) is 37.2 Å². The van der Waals surface area contributed by atoms with Crippen molar-refractivity contribution in [1.29, 1.82) is 0 Å². The summed E-state index contributed by atoms with van der Waals surface area (Å²) in [5.74, 6) is -10.6. The van der Waals surface area contributed by atoms with Crippen LogP contribution in [0.4, 0.5) is 0 Å². The second-order valence-electron chi connectivity index (χ2n) is 21.6. The molecule has 8 atom stereocenters. The number of amides is 7. The Morgan fingerprint density at radius 1 is 0.465 bits per heavy atom. The minimum atomic E-state index is -1.72. The summed E-state index contributed by atoms with van der Waals surface area (Å²) in [6, 6.07) is -9.67. The monoisotopic (exact) mass is 1010 g/mol. The van der Waals surface area contributed by atoms with E-state index in [4.69, 9.17) is 4.74 Å². The van der Waals surface area contributed by atoms with Gasteiger partial charge >= 0.3 is 17.9 Å². The highest BCUT2D eigenvalue weighted by atomic mass is 16.5. The van der Waals surface area contributed by atoms with Crippen molar-refractivity contribution in [3.63, 3.8) is 0 Å². The number of carbonyl (C=O) groups is 10. The summed E-state index contributed by atoms with van der Waals surface area (Å²) < 4.78 is 5.99. The maximum absolute atomic E-state index is 14.1. The summed E-state index contributed by atoms with van der Waals surface area (Å²) in [6.07, 6.45) is 3.68. The van der Waals surface area contributed by atoms with E-state index in [1.54, 1.807) is 69.2 Å². The molecule has 1 rings (SSSR count). The van der Waals surface area contributed by atoms with E-state index in [1.807, 2.05) is 0 Å². The Morgan fingerprint density at radius 2 is 0.873 bits per heavy atom. The van der Waals surface area contributed by atoms with Gasteiger partial charge in [0.1, 0.15) is 48.4 Å². The molecule has 1 saturated heterocycles. The van der Waals surface area contributed by atoms with Crippen LogP contribution in [0.25, 0.3) is 0 Å². The number of ether oxygens (including phenoxy) is 1. The number of carboxylic acids is 2. The first-order valence-corrected chi connectivity index (χ1v) is 25.9. The van der Waals surface area contributed by atoms with Crippen molar-refractivity contribution in [3.8, 4) is 0 Å². The molecule has 20 heteroatoms. The summed E-state index contributed by atoms with van der Waals surface area (Å²) in [4.78, 5) is 136. The van der Waals surface area contributed by atoms with Gasteiger partial charge in [0, 0.05) is 6.42 Å². The van der Waals surface area contributed by atoms with Gasteiger partial charge in [0.05, 0.1) is 12.8 Å². The molecule has 0 aliphatic carbocycles. The first-order valence-electron chi connectivity index (χ1n) is 25.9. The molecule has 71 heavy (non-hydrogen) atoms. The predicted octanol–water partition coefficient (Wildman–Crippen LogP) is 4.26. The summed E-state index contributed by atoms with van der Waals surface area (Å²) in [7, 11) is 0. The standard InChI is InChI=1S/C51H89N7O13/c1-28(2)19-17-15-13-14-16-18-20-34-26-40(59)52-35(21-22-41(60)61)45(64)53-36(23-29(3)4)46(65)54-37(24-30(5)6)48(67)57-43(32(9)10)50(69)56-39(27-42(62)63)47(66)55-38(25-31(7)8)49(68)58-44(33(11)12)51(70)71-34/h28-39,43-44H,13-27H2,1-12H3,(H,52,59)(H,53,64)(H,54,65)(H,55,66)(H,56,69)(H,57,67)(H,58,68)(H,60,61)(H,62,63). The molecule has 8 unspecified atom stereocenters. The first kappa shape index (κ1) is 63.7. The number of rotatable bonds is 22. The lowest BCUT2D eigenvalue weighted by Gasteiger charge is -2.29. The van der Waals surface area contributed by atoms with Gasteiger partial charge in [-0.1, -0.05) is 122 Å². The van der Waals surface area contributed by atoms with E-state index in [0.29, 0.717) is 12.3 Å². The van der Waals surface area contributed by atoms with Gasteiger partial charge in [-0.2, -0.15) is 0 Å². The average molecular weight is 1010 g/mol. The molecule has 7 amide bonds. The lowest BCUT2D eigenvalue weighted by atomic mass is 9.98. The maximum atomic E-state index is 14.1. The molecular weight excluding hydrogens is 919 g/mol. The molecule has 0 saturated carbocycles. The number of carbonyl (C=O) groups excluding carboxylic acids is 8. The average Bonchev–Trinajstić information content (AvgIpc) is 3.24. The second kappa shape index (κ2) is 32.6. The number of esters is 1. The highest BCUT2D eigenvalue weighted by molar-refractivity contribution is 5.98. The van der Waals surface area contributed by atoms with Crippen molar-refractivity contribution in [2.45, 2.75) is 228 Å². The Morgan fingerprint density at radius 3 is 1.31 bits per heavy atom. The van der Waals surface area contributed by atoms with Crippen molar-refractivity contribution < 1.29 is 62.9 Å². The smallest absolute Gasteiger partial charge is 0.329 e. The number of unbranched alkanes of at least 4 members (excludes halogenated alkanes) is 5. The maximum Gasteiger partial charge on any atom is 0.329 e. The number of nitrogens with one attached hydrogen (secondary N) is 7. The minimum Gasteiger partial charge on any atom is -0.481 e. The van der Waals surface area contributed by atoms with E-state index < -0.39 is 139 Å². The second-order valence-corrected chi connectivity index (χ2v) is 21.6. The zero-order valence-corrected chi connectivity index (χ0v) is 44.6. The van der Waals surface area contributed by atoms with Gasteiger partial charge in [0.15, 0.2) is 0 Å². The Hall–Kier alpha value is -5.30. The highest BCUT2D eigenvalue weighted by Gasteiger charge is 2.37. The molecule has 1 aliphatic rings. The third kappa shape index (κ3) is 26.1. The van der Waals surface area contributed by atoms with Crippen LogP contribution in [0.2, 0.25) is 0 Å². The molecule has 406 valence electrons. The fourth-order valence-corrected chi connectivity index (χ4v) is 8.18. The van der Waals surface area contributed by atoms with Crippen molar-refractivity contribution in [2.24, 2.45) is 35.5 Å². The first-order chi connectivity index (χ1) is 33.1. The Kier molecular flexibility index (Phi) is 29.3. The van der Waals surface area contributed by atoms with Crippen molar-refractivity contribution >= 4 is 59.3 Å². The zero-order chi connectivity index (χ0) is 54.1. The van der Waals surface area contributed by atoms with E-state index in [-0.39, 0.29) is 49.9 Å². The molecule has 0 radical (unpaired) electrons. The normalized spacial score (nSPS) is 24.4. The van der Waals surface area contributed by atoms with Crippen LogP contribution in [-0.2, 0) is 52.7 Å². The van der Waals surface area contributed by atoms with Crippen LogP contribution in [0.15, 0.2) is 0 Å². The van der Waals surface area contributed by atoms with Crippen LogP contribution in [0.5, 0.6) is 0 Å². The molecular formula is C51H89N7O13. The third-order valence-corrected chi connectivity index (χ3v) is 12.0. The molecule has 1 fully saturated rings. The van der Waals surface area contributed by atoms with Crippen LogP contribution in [0.3, 0.4) is 0 Å². The largest absolute Gasteiger partial charge is 0.481 e. The molecule has 0 aromatic carbocycles. The number of aliphatic carboxylic acids is 2. The fraction of sp³-hybridized carbons (Fsp3) is 0.804. The minimum absolute atomic E-state index is 0.0354. The van der Waals surface area contributed by atoms with Crippen LogP contribution < -0.4 is 37.2 Å². The molecule has 0 bridgehead atoms. The zero-order valence-electron chi connectivity index (χ0n) is 44.6. The summed E-state index contributed by atoms with van der Waals surface area (Å²) >= 11 is 0. The van der Waals surface area contributed by atoms with Gasteiger partial charge in [-0.3, -0.25) is 43.2 Å². The molecule has 1 heterocycles. The summed E-state index contributed by atoms with van der Waals surface area (Å²) in [5, 5.41) is 37.7. The van der Waals surface area contributed by atoms with Gasteiger partial charge in [-0.15, -0.1) is 0 Å². The highest BCUT2D eigenvalue weighted by Crippen LogP contribution is 2.19. The number of carboxylic acid groups (broad SMARTS) is 2. The topological polar surface area (TPSA) is 305 Å². The molecule has 0 spiro atoms. The SMILES string of the molecule is CC(C)CCCCCCCCC1CC(=O)NC(CCC(=O)O)C(=O)NC(CC(C)C)C(=O)NC(CC(C)C)C(=O)NC(C(C)C)C(=O)NC(CC(=O)O)C(=O)NC(CC(C)C)C(=O)NC(C(C)C)C(=O)O1. The van der Waals surface area contributed by atoms with Gasteiger partial charge < -0.3 is 52.2 Å². The lowest BCUT2D eigenvalue weighted by molar-refractivity contribution is -0.156. The van der Waals surface area contributed by atoms with Crippen LogP contribution in [0.1, 0.15) is 179 Å². The molecule has 0 aromatic rings. The Balaban J connectivity index is 3.95. The molecule has 0 aromatic heterocycles. The van der Waals surface area contributed by atoms with Gasteiger partial charge in [-0.05, 0) is 74.0 Å². The summed E-state index contributed by atoms with van der Waals surface area (Å²) in [5.41, 5.74) is 0. The van der Waals surface area contributed by atoms with E-state index in [1.165, 1.54) is 0 Å².